The van der Waals surface area contributed by atoms with Crippen molar-refractivity contribution < 1.29 is 17.4 Å². The molecule has 0 saturated heterocycles. The van der Waals surface area contributed by atoms with E-state index >= 15 is 0 Å². The lowest BCUT2D eigenvalue weighted by Crippen LogP contribution is -2.34. The molecule has 0 aromatic carbocycles. The van der Waals surface area contributed by atoms with Crippen molar-refractivity contribution in [2.45, 2.75) is 50.6 Å². The van der Waals surface area contributed by atoms with E-state index < -0.39 is 23.4 Å². The van der Waals surface area contributed by atoms with Gasteiger partial charge >= 0.3 is 6.18 Å². The number of halogens is 3. The fourth-order valence-electron chi connectivity index (χ4n) is 1.20. The van der Waals surface area contributed by atoms with E-state index in [9.17, 15) is 17.4 Å². The second-order valence-corrected chi connectivity index (χ2v) is 5.93. The summed E-state index contributed by atoms with van der Waals surface area (Å²) in [5.74, 6) is 0. The summed E-state index contributed by atoms with van der Waals surface area (Å²) >= 11 is 0. The van der Waals surface area contributed by atoms with Gasteiger partial charge in [0.1, 0.15) is 0 Å². The zero-order chi connectivity index (χ0) is 12.8. The minimum atomic E-state index is -4.06. The van der Waals surface area contributed by atoms with Crippen LogP contribution >= 0.6 is 0 Å². The van der Waals surface area contributed by atoms with Gasteiger partial charge in [0.2, 0.25) is 0 Å². The first kappa shape index (κ1) is 15.9. The zero-order valence-electron chi connectivity index (χ0n) is 9.93. The van der Waals surface area contributed by atoms with E-state index in [0.29, 0.717) is 13.0 Å². The topological polar surface area (TPSA) is 29.1 Å². The average molecular weight is 259 g/mol. The van der Waals surface area contributed by atoms with Crippen molar-refractivity contribution in [3.63, 3.8) is 0 Å². The lowest BCUT2D eigenvalue weighted by molar-refractivity contribution is -0.135. The molecular formula is C10H20F3NOS. The molecule has 16 heavy (non-hydrogen) atoms. The summed E-state index contributed by atoms with van der Waals surface area (Å²) in [6, 6.07) is 0.0355. The van der Waals surface area contributed by atoms with Crippen molar-refractivity contribution in [3.05, 3.63) is 0 Å². The Morgan fingerprint density at radius 3 is 2.31 bits per heavy atom. The molecule has 0 aliphatic rings. The summed E-state index contributed by atoms with van der Waals surface area (Å²) in [6.07, 6.45) is -2.53. The van der Waals surface area contributed by atoms with E-state index in [1.165, 1.54) is 0 Å². The van der Waals surface area contributed by atoms with E-state index in [0.717, 1.165) is 0 Å². The maximum atomic E-state index is 11.9. The van der Waals surface area contributed by atoms with Gasteiger partial charge in [-0.1, -0.05) is 0 Å². The van der Waals surface area contributed by atoms with Crippen molar-refractivity contribution in [2.75, 3.05) is 12.8 Å². The van der Waals surface area contributed by atoms with Crippen LogP contribution in [-0.4, -0.2) is 34.5 Å². The summed E-state index contributed by atoms with van der Waals surface area (Å²) in [5.41, 5.74) is 0. The normalized spacial score (nSPS) is 18.1. The third-order valence-electron chi connectivity index (χ3n) is 2.42. The third kappa shape index (κ3) is 9.15. The van der Waals surface area contributed by atoms with Crippen molar-refractivity contribution in [1.82, 2.24) is 5.32 Å². The van der Waals surface area contributed by atoms with E-state index in [2.05, 4.69) is 5.32 Å². The first-order valence-electron chi connectivity index (χ1n) is 5.34. The van der Waals surface area contributed by atoms with Gasteiger partial charge in [-0.2, -0.15) is 13.2 Å². The fourth-order valence-corrected chi connectivity index (χ4v) is 1.53. The summed E-state index contributed by atoms with van der Waals surface area (Å²) in [6.45, 7) is 4.28. The monoisotopic (exact) mass is 259 g/mol. The highest BCUT2D eigenvalue weighted by Gasteiger charge is 2.26. The van der Waals surface area contributed by atoms with Crippen molar-refractivity contribution >= 4 is 10.8 Å². The molecule has 6 heteroatoms. The van der Waals surface area contributed by atoms with Crippen LogP contribution in [0.3, 0.4) is 0 Å². The van der Waals surface area contributed by atoms with Gasteiger partial charge in [0.05, 0.1) is 0 Å². The predicted molar refractivity (Wildman–Crippen MR) is 60.9 cm³/mol. The molecular weight excluding hydrogens is 239 g/mol. The summed E-state index contributed by atoms with van der Waals surface area (Å²) < 4.78 is 46.6. The predicted octanol–water partition coefficient (Wildman–Crippen LogP) is 2.46. The van der Waals surface area contributed by atoms with Gasteiger partial charge in [0.25, 0.3) is 0 Å². The summed E-state index contributed by atoms with van der Waals surface area (Å²) in [7, 11) is -0.889. The van der Waals surface area contributed by atoms with Gasteiger partial charge < -0.3 is 5.32 Å². The van der Waals surface area contributed by atoms with Crippen LogP contribution in [0.2, 0.25) is 0 Å². The molecule has 2 nitrogen and oxygen atoms in total. The standard InChI is InChI=1S/C10H20F3NOS/c1-8(5-4-6-10(11,12)13)14-7-9(2)16(3)15/h8-9,14H,4-7H2,1-3H3. The molecule has 0 aliphatic heterocycles. The van der Waals surface area contributed by atoms with Crippen LogP contribution in [0.25, 0.3) is 0 Å². The molecule has 1 N–H and O–H groups in total. The Bertz CT molecular complexity index is 221. The number of alkyl halides is 3. The molecule has 0 bridgehead atoms. The average Bonchev–Trinajstić information content (AvgIpc) is 2.11. The second-order valence-electron chi connectivity index (χ2n) is 4.13. The van der Waals surface area contributed by atoms with Crippen molar-refractivity contribution in [1.29, 1.82) is 0 Å². The molecule has 0 aliphatic carbocycles. The number of rotatable bonds is 7. The Labute approximate surface area is 97.4 Å². The first-order chi connectivity index (χ1) is 7.22. The Kier molecular flexibility index (Phi) is 7.22. The SMILES string of the molecule is CC(CCCC(F)(F)F)NCC(C)S(C)=O. The van der Waals surface area contributed by atoms with Crippen molar-refractivity contribution in [3.8, 4) is 0 Å². The molecule has 0 amide bonds. The first-order valence-corrected chi connectivity index (χ1v) is 6.97. The summed E-state index contributed by atoms with van der Waals surface area (Å²) in [5, 5.41) is 3.12. The highest BCUT2D eigenvalue weighted by molar-refractivity contribution is 7.84. The van der Waals surface area contributed by atoms with Gasteiger partial charge in [0, 0.05) is 41.3 Å². The Balaban J connectivity index is 3.59. The molecule has 0 aromatic rings. The molecule has 0 heterocycles. The van der Waals surface area contributed by atoms with Gasteiger partial charge in [-0.15, -0.1) is 0 Å². The molecule has 98 valence electrons. The fraction of sp³-hybridized carbons (Fsp3) is 1.00. The maximum Gasteiger partial charge on any atom is 0.389 e. The maximum absolute atomic E-state index is 11.9. The smallest absolute Gasteiger partial charge is 0.313 e. The lowest BCUT2D eigenvalue weighted by Gasteiger charge is -2.16. The number of nitrogens with one attached hydrogen (secondary N) is 1. The van der Waals surface area contributed by atoms with Crippen LogP contribution in [0.4, 0.5) is 13.2 Å². The Morgan fingerprint density at radius 1 is 1.31 bits per heavy atom. The van der Waals surface area contributed by atoms with Crippen molar-refractivity contribution in [2.24, 2.45) is 0 Å². The molecule has 0 radical (unpaired) electrons. The number of hydrogen-bond acceptors (Lipinski definition) is 2. The van der Waals surface area contributed by atoms with E-state index in [1.807, 2.05) is 13.8 Å². The molecule has 0 aromatic heterocycles. The van der Waals surface area contributed by atoms with Gasteiger partial charge in [-0.05, 0) is 26.7 Å². The highest BCUT2D eigenvalue weighted by Crippen LogP contribution is 2.22. The van der Waals surface area contributed by atoms with Crippen LogP contribution in [0.15, 0.2) is 0 Å². The molecule has 0 fully saturated rings. The quantitative estimate of drug-likeness (QED) is 0.761. The number of hydrogen-bond donors (Lipinski definition) is 1. The van der Waals surface area contributed by atoms with Crippen LogP contribution in [-0.2, 0) is 10.8 Å². The molecule has 3 atom stereocenters. The van der Waals surface area contributed by atoms with Gasteiger partial charge in [-0.25, -0.2) is 0 Å². The van der Waals surface area contributed by atoms with Crippen LogP contribution in [0.1, 0.15) is 33.1 Å². The minimum Gasteiger partial charge on any atom is -0.313 e. The van der Waals surface area contributed by atoms with Crippen LogP contribution in [0.5, 0.6) is 0 Å². The van der Waals surface area contributed by atoms with Gasteiger partial charge in [-0.3, -0.25) is 4.21 Å². The molecule has 3 unspecified atom stereocenters. The summed E-state index contributed by atoms with van der Waals surface area (Å²) in [4.78, 5) is 0. The van der Waals surface area contributed by atoms with Crippen LogP contribution < -0.4 is 5.32 Å². The zero-order valence-corrected chi connectivity index (χ0v) is 10.8. The minimum absolute atomic E-state index is 0.0325. The largest absolute Gasteiger partial charge is 0.389 e. The Hall–Kier alpha value is -0.100. The van der Waals surface area contributed by atoms with E-state index in [4.69, 9.17) is 0 Å². The second kappa shape index (κ2) is 7.27. The van der Waals surface area contributed by atoms with Crippen LogP contribution in [0, 0.1) is 0 Å². The lowest BCUT2D eigenvalue weighted by atomic mass is 10.1. The molecule has 0 saturated carbocycles. The third-order valence-corrected chi connectivity index (χ3v) is 3.72. The Morgan fingerprint density at radius 2 is 1.88 bits per heavy atom. The highest BCUT2D eigenvalue weighted by atomic mass is 32.2. The van der Waals surface area contributed by atoms with Gasteiger partial charge in [0.15, 0.2) is 0 Å². The van der Waals surface area contributed by atoms with E-state index in [-0.39, 0.29) is 17.7 Å². The van der Waals surface area contributed by atoms with E-state index in [1.54, 1.807) is 6.26 Å². The molecule has 0 spiro atoms. The molecule has 0 rings (SSSR count).